The Labute approximate surface area is 116 Å². The van der Waals surface area contributed by atoms with Gasteiger partial charge in [-0.05, 0) is 30.7 Å². The minimum Gasteiger partial charge on any atom is -0.330 e. The quantitative estimate of drug-likeness (QED) is 0.785. The van der Waals surface area contributed by atoms with Gasteiger partial charge in [0, 0.05) is 17.0 Å². The Balaban J connectivity index is 2.13. The Hall–Kier alpha value is -1.85. The van der Waals surface area contributed by atoms with Gasteiger partial charge < -0.3 is 11.1 Å². The molecule has 1 aromatic carbocycles. The molecule has 1 heterocycles. The molecule has 19 heavy (non-hydrogen) atoms. The number of carbonyl (C=O) groups is 1. The lowest BCUT2D eigenvalue weighted by Gasteiger charge is -2.05. The molecule has 0 saturated heterocycles. The van der Waals surface area contributed by atoms with Crippen LogP contribution < -0.4 is 11.1 Å². The van der Waals surface area contributed by atoms with E-state index in [1.165, 1.54) is 0 Å². The molecule has 6 heteroatoms. The van der Waals surface area contributed by atoms with Crippen LogP contribution in [0.2, 0.25) is 5.02 Å². The van der Waals surface area contributed by atoms with Gasteiger partial charge in [0.1, 0.15) is 5.82 Å². The van der Waals surface area contributed by atoms with Crippen molar-refractivity contribution >= 4 is 23.3 Å². The molecule has 100 valence electrons. The highest BCUT2D eigenvalue weighted by atomic mass is 35.5. The number of nitrogens with two attached hydrogens (primary N) is 1. The standard InChI is InChI=1S/C13H15ClN4O/c14-10-5-3-9(4-6-10)11-8-16-18-13(11)17-12(19)2-1-7-15/h3-6,8H,1-2,7,15H2,(H2,16,17,18,19). The van der Waals surface area contributed by atoms with Crippen molar-refractivity contribution in [3.05, 3.63) is 35.5 Å². The molecule has 0 radical (unpaired) electrons. The van der Waals surface area contributed by atoms with Gasteiger partial charge in [0.05, 0.1) is 6.20 Å². The van der Waals surface area contributed by atoms with Gasteiger partial charge in [-0.25, -0.2) is 0 Å². The average molecular weight is 279 g/mol. The Morgan fingerprint density at radius 1 is 1.37 bits per heavy atom. The molecule has 4 N–H and O–H groups in total. The first kappa shape index (κ1) is 13.6. The summed E-state index contributed by atoms with van der Waals surface area (Å²) in [5.74, 6) is 0.509. The van der Waals surface area contributed by atoms with Crippen LogP contribution in [-0.4, -0.2) is 22.6 Å². The fourth-order valence-electron chi connectivity index (χ4n) is 1.69. The van der Waals surface area contributed by atoms with E-state index < -0.39 is 0 Å². The predicted octanol–water partition coefficient (Wildman–Crippen LogP) is 2.41. The topological polar surface area (TPSA) is 83.8 Å². The van der Waals surface area contributed by atoms with E-state index >= 15 is 0 Å². The van der Waals surface area contributed by atoms with Crippen LogP contribution in [0.25, 0.3) is 11.1 Å². The van der Waals surface area contributed by atoms with E-state index in [1.54, 1.807) is 18.3 Å². The highest BCUT2D eigenvalue weighted by molar-refractivity contribution is 6.30. The Kier molecular flexibility index (Phi) is 4.54. The lowest BCUT2D eigenvalue weighted by atomic mass is 10.1. The second-order valence-corrected chi connectivity index (χ2v) is 4.54. The lowest BCUT2D eigenvalue weighted by molar-refractivity contribution is -0.116. The zero-order valence-corrected chi connectivity index (χ0v) is 11.1. The molecular weight excluding hydrogens is 264 g/mol. The second kappa shape index (κ2) is 6.36. The van der Waals surface area contributed by atoms with E-state index in [9.17, 15) is 4.79 Å². The molecule has 2 rings (SSSR count). The van der Waals surface area contributed by atoms with Gasteiger partial charge in [-0.2, -0.15) is 5.10 Å². The molecule has 0 fully saturated rings. The number of nitrogens with zero attached hydrogens (tertiary/aromatic N) is 1. The SMILES string of the molecule is NCCCC(=O)Nc1[nH]ncc1-c1ccc(Cl)cc1. The zero-order valence-electron chi connectivity index (χ0n) is 10.3. The van der Waals surface area contributed by atoms with Crippen molar-refractivity contribution in [2.75, 3.05) is 11.9 Å². The van der Waals surface area contributed by atoms with Gasteiger partial charge in [0.15, 0.2) is 0 Å². The van der Waals surface area contributed by atoms with E-state index in [0.717, 1.165) is 11.1 Å². The minimum atomic E-state index is -0.0788. The highest BCUT2D eigenvalue weighted by Gasteiger charge is 2.10. The Morgan fingerprint density at radius 3 is 2.79 bits per heavy atom. The maximum Gasteiger partial charge on any atom is 0.225 e. The summed E-state index contributed by atoms with van der Waals surface area (Å²) >= 11 is 5.85. The summed E-state index contributed by atoms with van der Waals surface area (Å²) in [7, 11) is 0. The van der Waals surface area contributed by atoms with Crippen LogP contribution in [0.3, 0.4) is 0 Å². The largest absolute Gasteiger partial charge is 0.330 e. The summed E-state index contributed by atoms with van der Waals surface area (Å²) in [6, 6.07) is 7.35. The molecule has 1 aromatic heterocycles. The number of carbonyl (C=O) groups excluding carboxylic acids is 1. The summed E-state index contributed by atoms with van der Waals surface area (Å²) in [5, 5.41) is 10.2. The third-order valence-electron chi connectivity index (χ3n) is 2.67. The number of aromatic amines is 1. The highest BCUT2D eigenvalue weighted by Crippen LogP contribution is 2.26. The fourth-order valence-corrected chi connectivity index (χ4v) is 1.82. The van der Waals surface area contributed by atoms with Crippen LogP contribution >= 0.6 is 11.6 Å². The van der Waals surface area contributed by atoms with Gasteiger partial charge in [-0.1, -0.05) is 23.7 Å². The molecule has 0 unspecified atom stereocenters. The van der Waals surface area contributed by atoms with E-state index in [1.807, 2.05) is 12.1 Å². The molecule has 0 aliphatic rings. The molecule has 0 aliphatic carbocycles. The maximum absolute atomic E-state index is 11.7. The van der Waals surface area contributed by atoms with E-state index in [4.69, 9.17) is 17.3 Å². The molecule has 0 aliphatic heterocycles. The first-order valence-electron chi connectivity index (χ1n) is 6.00. The third kappa shape index (κ3) is 3.56. The third-order valence-corrected chi connectivity index (χ3v) is 2.92. The van der Waals surface area contributed by atoms with Gasteiger partial charge in [0.2, 0.25) is 5.91 Å². The molecule has 0 atom stereocenters. The molecule has 5 nitrogen and oxygen atoms in total. The molecule has 0 bridgehead atoms. The van der Waals surface area contributed by atoms with Crippen LogP contribution in [0, 0.1) is 0 Å². The summed E-state index contributed by atoms with van der Waals surface area (Å²) in [6.45, 7) is 0.500. The monoisotopic (exact) mass is 278 g/mol. The molecule has 0 saturated carbocycles. The smallest absolute Gasteiger partial charge is 0.225 e. The van der Waals surface area contributed by atoms with Crippen molar-refractivity contribution in [2.45, 2.75) is 12.8 Å². The number of benzene rings is 1. The number of hydrogen-bond acceptors (Lipinski definition) is 3. The van der Waals surface area contributed by atoms with Gasteiger partial charge in [-0.15, -0.1) is 0 Å². The van der Waals surface area contributed by atoms with Crippen molar-refractivity contribution in [2.24, 2.45) is 5.73 Å². The lowest BCUT2D eigenvalue weighted by Crippen LogP contribution is -2.14. The number of nitrogens with one attached hydrogen (secondary N) is 2. The van der Waals surface area contributed by atoms with Crippen molar-refractivity contribution in [1.29, 1.82) is 0 Å². The van der Waals surface area contributed by atoms with E-state index in [0.29, 0.717) is 30.2 Å². The average Bonchev–Trinajstić information content (AvgIpc) is 2.85. The minimum absolute atomic E-state index is 0.0788. The summed E-state index contributed by atoms with van der Waals surface area (Å²) < 4.78 is 0. The number of hydrogen-bond donors (Lipinski definition) is 3. The summed E-state index contributed by atoms with van der Waals surface area (Å²) in [4.78, 5) is 11.7. The van der Waals surface area contributed by atoms with Crippen LogP contribution in [0.5, 0.6) is 0 Å². The fraction of sp³-hybridized carbons (Fsp3) is 0.231. The normalized spacial score (nSPS) is 10.4. The number of H-pyrrole nitrogens is 1. The van der Waals surface area contributed by atoms with E-state index in [-0.39, 0.29) is 5.91 Å². The number of amides is 1. The number of halogens is 1. The number of aromatic nitrogens is 2. The first-order chi connectivity index (χ1) is 9.20. The van der Waals surface area contributed by atoms with Crippen LogP contribution in [0.4, 0.5) is 5.82 Å². The summed E-state index contributed by atoms with van der Waals surface area (Å²) in [5.41, 5.74) is 7.14. The predicted molar refractivity (Wildman–Crippen MR) is 76.0 cm³/mol. The van der Waals surface area contributed by atoms with Crippen LogP contribution in [0.1, 0.15) is 12.8 Å². The molecule has 1 amide bonds. The maximum atomic E-state index is 11.7. The van der Waals surface area contributed by atoms with E-state index in [2.05, 4.69) is 15.5 Å². The van der Waals surface area contributed by atoms with Gasteiger partial charge >= 0.3 is 0 Å². The zero-order chi connectivity index (χ0) is 13.7. The molecule has 0 spiro atoms. The Morgan fingerprint density at radius 2 is 2.11 bits per heavy atom. The summed E-state index contributed by atoms with van der Waals surface area (Å²) in [6.07, 6.45) is 2.73. The van der Waals surface area contributed by atoms with Crippen molar-refractivity contribution in [3.8, 4) is 11.1 Å². The second-order valence-electron chi connectivity index (χ2n) is 4.11. The first-order valence-corrected chi connectivity index (χ1v) is 6.37. The van der Waals surface area contributed by atoms with Gasteiger partial charge in [0.25, 0.3) is 0 Å². The van der Waals surface area contributed by atoms with Crippen molar-refractivity contribution in [1.82, 2.24) is 10.2 Å². The number of rotatable bonds is 5. The molecular formula is C13H15ClN4O. The van der Waals surface area contributed by atoms with Crippen LogP contribution in [-0.2, 0) is 4.79 Å². The number of anilines is 1. The van der Waals surface area contributed by atoms with Crippen molar-refractivity contribution < 1.29 is 4.79 Å². The van der Waals surface area contributed by atoms with Crippen LogP contribution in [0.15, 0.2) is 30.5 Å². The Bertz CT molecular complexity index is 550. The molecule has 2 aromatic rings. The van der Waals surface area contributed by atoms with Gasteiger partial charge in [-0.3, -0.25) is 9.89 Å². The van der Waals surface area contributed by atoms with Crippen molar-refractivity contribution in [3.63, 3.8) is 0 Å².